The normalized spacial score (nSPS) is 16.9. The van der Waals surface area contributed by atoms with E-state index in [0.29, 0.717) is 62.3 Å². The predicted molar refractivity (Wildman–Crippen MR) is 149 cm³/mol. The van der Waals surface area contributed by atoms with E-state index in [1.807, 2.05) is 4.90 Å². The number of rotatable bonds is 10. The van der Waals surface area contributed by atoms with Gasteiger partial charge in [-0.15, -0.1) is 0 Å². The van der Waals surface area contributed by atoms with E-state index in [9.17, 15) is 31.5 Å². The van der Waals surface area contributed by atoms with Crippen molar-refractivity contribution in [3.63, 3.8) is 0 Å². The van der Waals surface area contributed by atoms with Crippen LogP contribution in [0.15, 0.2) is 30.3 Å². The standard InChI is InChI=1S/C28H33ClF5N5O3/c29-20-2-4-22(23(17-20)39-11-9-38(10-12-39)8-6-28(32,33)34)36-27(41)21-3-1-19(25(30)26(21)31)18-35-24(40)5-7-37-13-15-42-16-14-37/h1-4,17H,5-16,18H2,(H,35,40)(H,36,41). The first-order valence-electron chi connectivity index (χ1n) is 13.7. The zero-order chi connectivity index (χ0) is 30.3. The van der Waals surface area contributed by atoms with Crippen molar-refractivity contribution in [2.24, 2.45) is 0 Å². The molecule has 2 aromatic rings. The number of nitrogens with one attached hydrogen (secondary N) is 2. The third kappa shape index (κ3) is 9.00. The number of nitrogens with zero attached hydrogens (tertiary/aromatic N) is 3. The Hall–Kier alpha value is -3.00. The lowest BCUT2D eigenvalue weighted by atomic mass is 10.1. The lowest BCUT2D eigenvalue weighted by molar-refractivity contribution is -0.138. The molecule has 2 aromatic carbocycles. The second kappa shape index (κ2) is 14.5. The summed E-state index contributed by atoms with van der Waals surface area (Å²) in [5.41, 5.74) is 0.195. The van der Waals surface area contributed by atoms with Crippen molar-refractivity contribution < 1.29 is 36.3 Å². The third-order valence-corrected chi connectivity index (χ3v) is 7.51. The second-order valence-corrected chi connectivity index (χ2v) is 10.6. The fourth-order valence-corrected chi connectivity index (χ4v) is 4.99. The first kappa shape index (κ1) is 31.9. The number of amides is 2. The number of hydrogen-bond acceptors (Lipinski definition) is 6. The number of hydrogen-bond donors (Lipinski definition) is 2. The summed E-state index contributed by atoms with van der Waals surface area (Å²) in [6.45, 7) is 4.40. The van der Waals surface area contributed by atoms with Crippen molar-refractivity contribution in [1.82, 2.24) is 15.1 Å². The highest BCUT2D eigenvalue weighted by Gasteiger charge is 2.29. The zero-order valence-electron chi connectivity index (χ0n) is 22.9. The van der Waals surface area contributed by atoms with E-state index in [1.54, 1.807) is 11.0 Å². The maximum atomic E-state index is 15.0. The maximum absolute atomic E-state index is 15.0. The number of anilines is 2. The molecule has 2 N–H and O–H groups in total. The van der Waals surface area contributed by atoms with Crippen LogP contribution in [0.3, 0.4) is 0 Å². The van der Waals surface area contributed by atoms with Gasteiger partial charge in [0.15, 0.2) is 11.6 Å². The number of piperazine rings is 1. The molecule has 2 aliphatic rings. The Morgan fingerprint density at radius 3 is 2.29 bits per heavy atom. The van der Waals surface area contributed by atoms with Gasteiger partial charge in [0.25, 0.3) is 5.91 Å². The number of halogens is 6. The Labute approximate surface area is 245 Å². The summed E-state index contributed by atoms with van der Waals surface area (Å²) in [4.78, 5) is 30.8. The van der Waals surface area contributed by atoms with E-state index in [2.05, 4.69) is 15.5 Å². The molecular formula is C28H33ClF5N5O3. The Bertz CT molecular complexity index is 1250. The van der Waals surface area contributed by atoms with Crippen molar-refractivity contribution in [3.8, 4) is 0 Å². The van der Waals surface area contributed by atoms with Gasteiger partial charge in [-0.25, -0.2) is 8.78 Å². The summed E-state index contributed by atoms with van der Waals surface area (Å²) in [5.74, 6) is -3.77. The first-order valence-corrected chi connectivity index (χ1v) is 14.1. The molecule has 2 heterocycles. The average molecular weight is 618 g/mol. The molecule has 0 atom stereocenters. The highest BCUT2D eigenvalue weighted by atomic mass is 35.5. The van der Waals surface area contributed by atoms with Crippen LogP contribution in [-0.2, 0) is 16.1 Å². The lowest BCUT2D eigenvalue weighted by Gasteiger charge is -2.37. The molecule has 2 aliphatic heterocycles. The van der Waals surface area contributed by atoms with Crippen LogP contribution in [0.2, 0.25) is 5.02 Å². The minimum absolute atomic E-state index is 0.0978. The highest BCUT2D eigenvalue weighted by molar-refractivity contribution is 6.31. The summed E-state index contributed by atoms with van der Waals surface area (Å²) < 4.78 is 72.8. The van der Waals surface area contributed by atoms with E-state index in [0.717, 1.165) is 19.2 Å². The Morgan fingerprint density at radius 1 is 0.905 bits per heavy atom. The number of benzene rings is 2. The fraction of sp³-hybridized carbons (Fsp3) is 0.500. The monoisotopic (exact) mass is 617 g/mol. The molecule has 230 valence electrons. The highest BCUT2D eigenvalue weighted by Crippen LogP contribution is 2.31. The van der Waals surface area contributed by atoms with Gasteiger partial charge < -0.3 is 20.3 Å². The number of carbonyl (C=O) groups excluding carboxylic acids is 2. The summed E-state index contributed by atoms with van der Waals surface area (Å²) in [5, 5.41) is 5.55. The molecule has 0 spiro atoms. The minimum atomic E-state index is -4.23. The Balaban J connectivity index is 1.35. The zero-order valence-corrected chi connectivity index (χ0v) is 23.7. The van der Waals surface area contributed by atoms with E-state index < -0.39 is 35.7 Å². The molecule has 0 bridgehead atoms. The molecular weight excluding hydrogens is 585 g/mol. The predicted octanol–water partition coefficient (Wildman–Crippen LogP) is 4.28. The first-order chi connectivity index (χ1) is 20.0. The van der Waals surface area contributed by atoms with Crippen molar-refractivity contribution in [2.75, 3.05) is 75.8 Å². The molecule has 0 unspecified atom stereocenters. The summed E-state index contributed by atoms with van der Waals surface area (Å²) in [6.07, 6.45) is -4.92. The molecule has 8 nitrogen and oxygen atoms in total. The van der Waals surface area contributed by atoms with Gasteiger partial charge >= 0.3 is 6.18 Å². The minimum Gasteiger partial charge on any atom is -0.379 e. The van der Waals surface area contributed by atoms with E-state index >= 15 is 0 Å². The molecule has 2 fully saturated rings. The number of carbonyl (C=O) groups is 2. The van der Waals surface area contributed by atoms with Crippen molar-refractivity contribution >= 4 is 34.8 Å². The van der Waals surface area contributed by atoms with Gasteiger partial charge in [0.2, 0.25) is 5.91 Å². The van der Waals surface area contributed by atoms with Crippen molar-refractivity contribution in [3.05, 3.63) is 58.1 Å². The molecule has 0 saturated carbocycles. The number of ether oxygens (including phenoxy) is 1. The van der Waals surface area contributed by atoms with Gasteiger partial charge in [-0.05, 0) is 24.3 Å². The fourth-order valence-electron chi connectivity index (χ4n) is 4.83. The molecule has 0 aliphatic carbocycles. The molecule has 4 rings (SSSR count). The van der Waals surface area contributed by atoms with Crippen LogP contribution in [0.1, 0.15) is 28.8 Å². The molecule has 2 amide bonds. The smallest absolute Gasteiger partial charge is 0.379 e. The average Bonchev–Trinajstić information content (AvgIpc) is 2.97. The van der Waals surface area contributed by atoms with E-state index in [4.69, 9.17) is 16.3 Å². The third-order valence-electron chi connectivity index (χ3n) is 7.27. The van der Waals surface area contributed by atoms with Crippen LogP contribution in [-0.4, -0.2) is 93.4 Å². The van der Waals surface area contributed by atoms with Gasteiger partial charge in [0, 0.05) is 75.9 Å². The Morgan fingerprint density at radius 2 is 1.60 bits per heavy atom. The molecule has 0 radical (unpaired) electrons. The second-order valence-electron chi connectivity index (χ2n) is 10.2. The van der Waals surface area contributed by atoms with Crippen molar-refractivity contribution in [1.29, 1.82) is 0 Å². The van der Waals surface area contributed by atoms with Crippen LogP contribution < -0.4 is 15.5 Å². The number of morpholine rings is 1. The molecule has 42 heavy (non-hydrogen) atoms. The van der Waals surface area contributed by atoms with Crippen LogP contribution in [0.4, 0.5) is 33.3 Å². The van der Waals surface area contributed by atoms with Crippen LogP contribution in [0.5, 0.6) is 0 Å². The van der Waals surface area contributed by atoms with Gasteiger partial charge in [-0.2, -0.15) is 13.2 Å². The molecule has 0 aromatic heterocycles. The van der Waals surface area contributed by atoms with Crippen LogP contribution >= 0.6 is 11.6 Å². The van der Waals surface area contributed by atoms with Gasteiger partial charge in [0.05, 0.1) is 36.6 Å². The van der Waals surface area contributed by atoms with Gasteiger partial charge in [0.1, 0.15) is 0 Å². The largest absolute Gasteiger partial charge is 0.390 e. The van der Waals surface area contributed by atoms with Gasteiger partial charge in [-0.1, -0.05) is 17.7 Å². The molecule has 2 saturated heterocycles. The quantitative estimate of drug-likeness (QED) is 0.388. The topological polar surface area (TPSA) is 77.1 Å². The van der Waals surface area contributed by atoms with Crippen LogP contribution in [0, 0.1) is 11.6 Å². The van der Waals surface area contributed by atoms with E-state index in [1.165, 1.54) is 18.2 Å². The van der Waals surface area contributed by atoms with Gasteiger partial charge in [-0.3, -0.25) is 19.4 Å². The SMILES string of the molecule is O=C(CCN1CCOCC1)NCc1ccc(C(=O)Nc2ccc(Cl)cc2N2CCN(CCC(F)(F)F)CC2)c(F)c1F. The summed E-state index contributed by atoms with van der Waals surface area (Å²) in [6, 6.07) is 7.06. The maximum Gasteiger partial charge on any atom is 0.390 e. The Kier molecular flexibility index (Phi) is 11.0. The summed E-state index contributed by atoms with van der Waals surface area (Å²) >= 11 is 6.17. The number of alkyl halides is 3. The van der Waals surface area contributed by atoms with Crippen molar-refractivity contribution in [2.45, 2.75) is 25.6 Å². The summed E-state index contributed by atoms with van der Waals surface area (Å²) in [7, 11) is 0. The molecule has 14 heteroatoms. The van der Waals surface area contributed by atoms with E-state index in [-0.39, 0.29) is 31.0 Å². The lowest BCUT2D eigenvalue weighted by Crippen LogP contribution is -2.47. The van der Waals surface area contributed by atoms with Crippen LogP contribution in [0.25, 0.3) is 0 Å².